The standard InChI is InChI=1S/C15H23FO.C6H2F4.2H2/c1-2-11-3-5-12(6-4-11)13-7-9-14(10-8-13)15(16)17;7-3-1-4(8)6(10)5(9)2-3;;/h2,11-14H,1,3-10H2;1-2H;2*1H. The average Bonchev–Trinajstić information content (AvgIpc) is 2.66. The van der Waals surface area contributed by atoms with Crippen molar-refractivity contribution in [1.29, 1.82) is 0 Å². The lowest BCUT2D eigenvalue weighted by Gasteiger charge is -2.36. The maximum atomic E-state index is 12.6. The molecule has 1 nitrogen and oxygen atoms in total. The van der Waals surface area contributed by atoms with Crippen molar-refractivity contribution in [3.8, 4) is 0 Å². The largest absolute Gasteiger partial charge is 0.304 e. The lowest BCUT2D eigenvalue weighted by Crippen LogP contribution is -2.27. The van der Waals surface area contributed by atoms with Gasteiger partial charge in [0.15, 0.2) is 17.5 Å². The van der Waals surface area contributed by atoms with Crippen molar-refractivity contribution in [2.75, 3.05) is 0 Å². The molecule has 0 spiro atoms. The van der Waals surface area contributed by atoms with Gasteiger partial charge in [0.25, 0.3) is 0 Å². The van der Waals surface area contributed by atoms with Crippen LogP contribution in [0.3, 0.4) is 0 Å². The van der Waals surface area contributed by atoms with Gasteiger partial charge in [-0.1, -0.05) is 6.08 Å². The smallest absolute Gasteiger partial charge is 0.261 e. The minimum absolute atomic E-state index is 0. The van der Waals surface area contributed by atoms with E-state index in [2.05, 4.69) is 12.7 Å². The molecule has 0 aliphatic heterocycles. The van der Waals surface area contributed by atoms with Crippen molar-refractivity contribution in [2.45, 2.75) is 51.4 Å². The van der Waals surface area contributed by atoms with Gasteiger partial charge in [-0.05, 0) is 69.1 Å². The van der Waals surface area contributed by atoms with Gasteiger partial charge in [0, 0.05) is 20.9 Å². The number of carbonyl (C=O) groups is 1. The Bertz CT molecular complexity index is 631. The highest BCUT2D eigenvalue weighted by Gasteiger charge is 2.32. The lowest BCUT2D eigenvalue weighted by atomic mass is 9.69. The first kappa shape index (κ1) is 21.6. The molecule has 2 saturated carbocycles. The molecule has 6 heteroatoms. The zero-order valence-electron chi connectivity index (χ0n) is 15.2. The molecule has 2 aliphatic rings. The van der Waals surface area contributed by atoms with E-state index < -0.39 is 29.3 Å². The Labute approximate surface area is 159 Å². The van der Waals surface area contributed by atoms with Crippen LogP contribution in [0.1, 0.15) is 54.2 Å². The van der Waals surface area contributed by atoms with E-state index in [1.165, 1.54) is 25.7 Å². The summed E-state index contributed by atoms with van der Waals surface area (Å²) in [6.45, 7) is 3.87. The number of hydrogen-bond donors (Lipinski definition) is 0. The van der Waals surface area contributed by atoms with Crippen LogP contribution in [-0.2, 0) is 4.79 Å². The molecule has 1 aromatic rings. The fourth-order valence-electron chi connectivity index (χ4n) is 4.19. The second-order valence-electron chi connectivity index (χ2n) is 7.51. The Kier molecular flexibility index (Phi) is 7.99. The summed E-state index contributed by atoms with van der Waals surface area (Å²) in [5, 5.41) is 0. The SMILES string of the molecule is C=CC1CCC(C2CCC(C(=O)F)CC2)CC1.Fc1cc(F)c(F)c(F)c1.[HH].[HH]. The van der Waals surface area contributed by atoms with E-state index in [-0.39, 0.29) is 20.9 Å². The summed E-state index contributed by atoms with van der Waals surface area (Å²) in [6, 6.07) is -0.532. The van der Waals surface area contributed by atoms with Crippen molar-refractivity contribution in [3.63, 3.8) is 0 Å². The van der Waals surface area contributed by atoms with Crippen molar-refractivity contribution in [1.82, 2.24) is 0 Å². The predicted octanol–water partition coefficient (Wildman–Crippen LogP) is 7.02. The van der Waals surface area contributed by atoms with Gasteiger partial charge in [0.2, 0.25) is 0 Å². The number of benzene rings is 1. The summed E-state index contributed by atoms with van der Waals surface area (Å²) in [5.41, 5.74) is 0. The maximum absolute atomic E-state index is 12.6. The minimum Gasteiger partial charge on any atom is -0.261 e. The molecule has 0 N–H and O–H groups in total. The first-order chi connectivity index (χ1) is 12.8. The third-order valence-corrected chi connectivity index (χ3v) is 5.86. The van der Waals surface area contributed by atoms with Crippen LogP contribution in [0.15, 0.2) is 24.8 Å². The van der Waals surface area contributed by atoms with Gasteiger partial charge in [-0.15, -0.1) is 6.58 Å². The van der Waals surface area contributed by atoms with Gasteiger partial charge in [0.1, 0.15) is 5.82 Å². The van der Waals surface area contributed by atoms with Crippen LogP contribution in [-0.4, -0.2) is 6.04 Å². The Morgan fingerprint density at radius 3 is 1.74 bits per heavy atom. The normalized spacial score (nSPS) is 28.0. The molecule has 2 fully saturated rings. The summed E-state index contributed by atoms with van der Waals surface area (Å²) in [4.78, 5) is 10.7. The van der Waals surface area contributed by atoms with Crippen LogP contribution in [0.25, 0.3) is 0 Å². The molecular weight excluding hydrogens is 363 g/mol. The topological polar surface area (TPSA) is 17.1 Å². The average molecular weight is 392 g/mol. The molecule has 0 bridgehead atoms. The molecular formula is C21H29F5O. The van der Waals surface area contributed by atoms with Crippen LogP contribution in [0.2, 0.25) is 0 Å². The van der Waals surface area contributed by atoms with Crippen molar-refractivity contribution >= 4 is 6.04 Å². The first-order valence-corrected chi connectivity index (χ1v) is 9.43. The van der Waals surface area contributed by atoms with Crippen molar-refractivity contribution < 1.29 is 29.6 Å². The van der Waals surface area contributed by atoms with E-state index >= 15 is 0 Å². The summed E-state index contributed by atoms with van der Waals surface area (Å²) in [6.07, 6.45) is 10.9. The molecule has 2 aliphatic carbocycles. The fraction of sp³-hybridized carbons (Fsp3) is 0.571. The molecule has 154 valence electrons. The van der Waals surface area contributed by atoms with Crippen LogP contribution >= 0.6 is 0 Å². The number of rotatable bonds is 3. The van der Waals surface area contributed by atoms with E-state index in [1.54, 1.807) is 0 Å². The Morgan fingerprint density at radius 1 is 0.889 bits per heavy atom. The number of halogens is 5. The zero-order chi connectivity index (χ0) is 20.0. The van der Waals surface area contributed by atoms with Crippen molar-refractivity contribution in [3.05, 3.63) is 48.1 Å². The van der Waals surface area contributed by atoms with E-state index in [0.717, 1.165) is 43.4 Å². The van der Waals surface area contributed by atoms with E-state index in [0.29, 0.717) is 0 Å². The van der Waals surface area contributed by atoms with E-state index in [4.69, 9.17) is 0 Å². The van der Waals surface area contributed by atoms with Crippen LogP contribution in [0.5, 0.6) is 0 Å². The highest BCUT2D eigenvalue weighted by atomic mass is 19.2. The molecule has 0 amide bonds. The molecule has 0 saturated heterocycles. The number of allylic oxidation sites excluding steroid dienone is 1. The highest BCUT2D eigenvalue weighted by molar-refractivity contribution is 5.70. The van der Waals surface area contributed by atoms with Gasteiger partial charge in [-0.2, -0.15) is 4.39 Å². The van der Waals surface area contributed by atoms with E-state index in [1.807, 2.05) is 0 Å². The third kappa shape index (κ3) is 6.15. The molecule has 1 aromatic carbocycles. The van der Waals surface area contributed by atoms with E-state index in [9.17, 15) is 26.7 Å². The fourth-order valence-corrected chi connectivity index (χ4v) is 4.19. The summed E-state index contributed by atoms with van der Waals surface area (Å²) < 4.78 is 60.5. The highest BCUT2D eigenvalue weighted by Crippen LogP contribution is 2.41. The molecule has 0 radical (unpaired) electrons. The number of hydrogen-bond acceptors (Lipinski definition) is 1. The minimum atomic E-state index is -1.65. The maximum Gasteiger partial charge on any atom is 0.304 e. The molecule has 3 rings (SSSR count). The molecule has 0 heterocycles. The van der Waals surface area contributed by atoms with Gasteiger partial charge in [-0.3, -0.25) is 4.79 Å². The van der Waals surface area contributed by atoms with Gasteiger partial charge in [0.05, 0.1) is 0 Å². The molecule has 27 heavy (non-hydrogen) atoms. The Hall–Kier alpha value is -1.72. The monoisotopic (exact) mass is 392 g/mol. The summed E-state index contributed by atoms with van der Waals surface area (Å²) in [7, 11) is 0. The third-order valence-electron chi connectivity index (χ3n) is 5.86. The van der Waals surface area contributed by atoms with Crippen LogP contribution in [0.4, 0.5) is 22.0 Å². The van der Waals surface area contributed by atoms with Gasteiger partial charge >= 0.3 is 6.04 Å². The Balaban J connectivity index is 0.000000567. The van der Waals surface area contributed by atoms with Crippen LogP contribution in [0, 0.1) is 46.9 Å². The first-order valence-electron chi connectivity index (χ1n) is 9.43. The number of carbonyl (C=O) groups excluding carboxylic acids is 1. The molecule has 0 unspecified atom stereocenters. The predicted molar refractivity (Wildman–Crippen MR) is 97.7 cm³/mol. The van der Waals surface area contributed by atoms with Crippen molar-refractivity contribution in [2.24, 2.45) is 23.7 Å². The van der Waals surface area contributed by atoms with Gasteiger partial charge < -0.3 is 0 Å². The second kappa shape index (κ2) is 10.00. The summed E-state index contributed by atoms with van der Waals surface area (Å²) >= 11 is 0. The quantitative estimate of drug-likeness (QED) is 0.178. The van der Waals surface area contributed by atoms with Crippen LogP contribution < -0.4 is 0 Å². The Morgan fingerprint density at radius 2 is 1.33 bits per heavy atom. The molecule has 0 aromatic heterocycles. The summed E-state index contributed by atoms with van der Waals surface area (Å²) in [5.74, 6) is -3.81. The molecule has 0 atom stereocenters. The lowest BCUT2D eigenvalue weighted by molar-refractivity contribution is -0.135. The zero-order valence-corrected chi connectivity index (χ0v) is 15.2. The van der Waals surface area contributed by atoms with Gasteiger partial charge in [-0.25, -0.2) is 17.6 Å². The second-order valence-corrected chi connectivity index (χ2v) is 7.51.